The van der Waals surface area contributed by atoms with Crippen LogP contribution >= 0.6 is 0 Å². The number of aryl methyl sites for hydroxylation is 1. The van der Waals surface area contributed by atoms with Crippen molar-refractivity contribution in [3.05, 3.63) is 46.8 Å². The molecule has 0 spiro atoms. The van der Waals surface area contributed by atoms with Crippen molar-refractivity contribution in [2.24, 2.45) is 16.6 Å². The smallest absolute Gasteiger partial charge is 0.269 e. The highest BCUT2D eigenvalue weighted by molar-refractivity contribution is 5.99. The number of hydrazine groups is 1. The summed E-state index contributed by atoms with van der Waals surface area (Å²) >= 11 is 0. The zero-order valence-corrected chi connectivity index (χ0v) is 19.1. The second-order valence-corrected chi connectivity index (χ2v) is 5.63. The Labute approximate surface area is 176 Å². The predicted molar refractivity (Wildman–Crippen MR) is 124 cm³/mol. The Hall–Kier alpha value is -2.80. The van der Waals surface area contributed by atoms with Crippen LogP contribution in [0, 0.1) is 6.92 Å². The topological polar surface area (TPSA) is 115 Å². The third-order valence-electron chi connectivity index (χ3n) is 3.69. The molecule has 0 heterocycles. The second kappa shape index (κ2) is 17.3. The van der Waals surface area contributed by atoms with Gasteiger partial charge in [0.1, 0.15) is 11.4 Å². The number of carbonyl (C=O) groups is 1. The van der Waals surface area contributed by atoms with Crippen LogP contribution in [-0.2, 0) is 4.79 Å². The molecule has 164 valence electrons. The van der Waals surface area contributed by atoms with Gasteiger partial charge in [-0.15, -0.1) is 0 Å². The number of nitrogens with zero attached hydrogens (tertiary/aromatic N) is 1. The summed E-state index contributed by atoms with van der Waals surface area (Å²) in [5.74, 6) is 5.95. The SMILES string of the molecule is C=N/C=C(\C)CCCNC(=O)/C(N)=C(/NN)c1ccc(OC)c(C)c1.CC.CC. The maximum atomic E-state index is 12.2. The number of allylic oxidation sites excluding steroid dienone is 1. The molecule has 7 heteroatoms. The van der Waals surface area contributed by atoms with E-state index in [-0.39, 0.29) is 11.6 Å². The van der Waals surface area contributed by atoms with E-state index >= 15 is 0 Å². The molecule has 0 aliphatic carbocycles. The minimum absolute atomic E-state index is 0.0343. The van der Waals surface area contributed by atoms with Gasteiger partial charge in [-0.1, -0.05) is 33.3 Å². The molecular weight excluding hydrogens is 366 g/mol. The summed E-state index contributed by atoms with van der Waals surface area (Å²) in [6.07, 6.45) is 3.31. The van der Waals surface area contributed by atoms with Crippen LogP contribution in [0.3, 0.4) is 0 Å². The van der Waals surface area contributed by atoms with Gasteiger partial charge in [-0.2, -0.15) is 0 Å². The number of amides is 1. The summed E-state index contributed by atoms with van der Waals surface area (Å²) in [6.45, 7) is 15.8. The fourth-order valence-electron chi connectivity index (χ4n) is 2.35. The third-order valence-corrected chi connectivity index (χ3v) is 3.69. The molecule has 1 rings (SSSR count). The lowest BCUT2D eigenvalue weighted by Gasteiger charge is -2.14. The van der Waals surface area contributed by atoms with Crippen LogP contribution in [0.25, 0.3) is 5.70 Å². The van der Waals surface area contributed by atoms with Crippen LogP contribution in [-0.4, -0.2) is 26.3 Å². The van der Waals surface area contributed by atoms with Gasteiger partial charge < -0.3 is 21.2 Å². The second-order valence-electron chi connectivity index (χ2n) is 5.63. The van der Waals surface area contributed by atoms with Gasteiger partial charge in [-0.25, -0.2) is 0 Å². The summed E-state index contributed by atoms with van der Waals surface area (Å²) in [4.78, 5) is 15.9. The van der Waals surface area contributed by atoms with Crippen LogP contribution in [0.1, 0.15) is 58.6 Å². The molecular formula is C22H39N5O2. The van der Waals surface area contributed by atoms with Gasteiger partial charge in [0.15, 0.2) is 0 Å². The molecule has 0 aliphatic heterocycles. The average Bonchev–Trinajstić information content (AvgIpc) is 2.74. The van der Waals surface area contributed by atoms with E-state index in [9.17, 15) is 4.79 Å². The van der Waals surface area contributed by atoms with Crippen molar-refractivity contribution < 1.29 is 9.53 Å². The fraction of sp³-hybridized carbons (Fsp3) is 0.455. The van der Waals surface area contributed by atoms with Crippen LogP contribution in [0.2, 0.25) is 0 Å². The normalized spacial score (nSPS) is 11.0. The molecule has 0 unspecified atom stereocenters. The predicted octanol–water partition coefficient (Wildman–Crippen LogP) is 3.65. The first kappa shape index (κ1) is 28.4. The summed E-state index contributed by atoms with van der Waals surface area (Å²) in [7, 11) is 1.60. The lowest BCUT2D eigenvalue weighted by molar-refractivity contribution is -0.117. The number of benzene rings is 1. The Kier molecular flexibility index (Phi) is 17.0. The molecule has 0 saturated carbocycles. The van der Waals surface area contributed by atoms with Gasteiger partial charge >= 0.3 is 0 Å². The minimum Gasteiger partial charge on any atom is -0.496 e. The maximum Gasteiger partial charge on any atom is 0.269 e. The molecule has 0 aliphatic rings. The number of nitrogens with two attached hydrogens (primary N) is 2. The standard InChI is InChI=1S/C18H27N5O2.2C2H6/c1-12(11-21-3)6-5-9-22-18(24)16(19)17(23-20)14-7-8-15(25-4)13(2)10-14;2*1-2/h7-8,10-11,23H,3,5-6,9,19-20H2,1-2,4H3,(H,22,24);2*1-2H3/b12-11+,17-16-;;. The summed E-state index contributed by atoms with van der Waals surface area (Å²) < 4.78 is 5.23. The number of hydrogen-bond donors (Lipinski definition) is 4. The first-order valence-corrected chi connectivity index (χ1v) is 9.95. The molecule has 0 aromatic heterocycles. The fourth-order valence-corrected chi connectivity index (χ4v) is 2.35. The van der Waals surface area contributed by atoms with E-state index < -0.39 is 0 Å². The van der Waals surface area contributed by atoms with Crippen molar-refractivity contribution in [2.75, 3.05) is 13.7 Å². The molecule has 29 heavy (non-hydrogen) atoms. The monoisotopic (exact) mass is 405 g/mol. The number of aliphatic imine (C=N–C) groups is 1. The Bertz CT molecular complexity index is 682. The van der Waals surface area contributed by atoms with Gasteiger partial charge in [0.05, 0.1) is 12.8 Å². The van der Waals surface area contributed by atoms with Crippen LogP contribution in [0.4, 0.5) is 0 Å². The Morgan fingerprint density at radius 2 is 1.90 bits per heavy atom. The quantitative estimate of drug-likeness (QED) is 0.165. The molecule has 1 amide bonds. The zero-order chi connectivity index (χ0) is 22.8. The van der Waals surface area contributed by atoms with Crippen LogP contribution < -0.4 is 27.1 Å². The van der Waals surface area contributed by atoms with Crippen molar-refractivity contribution in [3.63, 3.8) is 0 Å². The molecule has 0 bridgehead atoms. The highest BCUT2D eigenvalue weighted by Gasteiger charge is 2.14. The minimum atomic E-state index is -0.370. The van der Waals surface area contributed by atoms with Gasteiger partial charge in [-0.3, -0.25) is 15.6 Å². The van der Waals surface area contributed by atoms with Crippen molar-refractivity contribution in [1.29, 1.82) is 0 Å². The maximum absolute atomic E-state index is 12.2. The van der Waals surface area contributed by atoms with E-state index in [2.05, 4.69) is 22.5 Å². The number of ether oxygens (including phenoxy) is 1. The highest BCUT2D eigenvalue weighted by atomic mass is 16.5. The molecule has 6 N–H and O–H groups in total. The molecule has 0 atom stereocenters. The molecule has 1 aromatic rings. The van der Waals surface area contributed by atoms with Crippen molar-refractivity contribution in [2.45, 2.75) is 54.4 Å². The van der Waals surface area contributed by atoms with Crippen LogP contribution in [0.5, 0.6) is 5.75 Å². The van der Waals surface area contributed by atoms with E-state index in [0.717, 1.165) is 29.7 Å². The van der Waals surface area contributed by atoms with E-state index in [1.807, 2.05) is 47.6 Å². The van der Waals surface area contributed by atoms with E-state index in [1.54, 1.807) is 25.4 Å². The van der Waals surface area contributed by atoms with E-state index in [1.165, 1.54) is 0 Å². The lowest BCUT2D eigenvalue weighted by Crippen LogP contribution is -2.34. The van der Waals surface area contributed by atoms with Gasteiger partial charge in [0, 0.05) is 18.3 Å². The summed E-state index contributed by atoms with van der Waals surface area (Å²) in [5.41, 5.74) is 11.6. The van der Waals surface area contributed by atoms with Gasteiger partial charge in [0.2, 0.25) is 0 Å². The molecule has 0 radical (unpaired) electrons. The zero-order valence-electron chi connectivity index (χ0n) is 19.1. The first-order valence-electron chi connectivity index (χ1n) is 9.95. The largest absolute Gasteiger partial charge is 0.496 e. The number of rotatable bonds is 9. The lowest BCUT2D eigenvalue weighted by atomic mass is 10.1. The van der Waals surface area contributed by atoms with Gasteiger partial charge in [0.25, 0.3) is 5.91 Å². The van der Waals surface area contributed by atoms with Crippen molar-refractivity contribution in [1.82, 2.24) is 10.7 Å². The Morgan fingerprint density at radius 3 is 2.38 bits per heavy atom. The first-order chi connectivity index (χ1) is 13.9. The van der Waals surface area contributed by atoms with Gasteiger partial charge in [-0.05, 0) is 57.2 Å². The number of nitrogens with one attached hydrogen (secondary N) is 2. The van der Waals surface area contributed by atoms with Crippen molar-refractivity contribution in [3.8, 4) is 5.75 Å². The number of hydrogen-bond acceptors (Lipinski definition) is 6. The van der Waals surface area contributed by atoms with E-state index in [0.29, 0.717) is 17.8 Å². The van der Waals surface area contributed by atoms with Crippen LogP contribution in [0.15, 0.2) is 40.7 Å². The third kappa shape index (κ3) is 10.4. The number of carbonyl (C=O) groups excluding carboxylic acids is 1. The molecule has 1 aromatic carbocycles. The molecule has 0 saturated heterocycles. The Morgan fingerprint density at radius 1 is 1.28 bits per heavy atom. The molecule has 0 fully saturated rings. The highest BCUT2D eigenvalue weighted by Crippen LogP contribution is 2.22. The average molecular weight is 406 g/mol. The summed E-state index contributed by atoms with van der Waals surface area (Å²) in [6, 6.07) is 5.44. The van der Waals surface area contributed by atoms with Crippen molar-refractivity contribution >= 4 is 18.3 Å². The Balaban J connectivity index is 0. The summed E-state index contributed by atoms with van der Waals surface area (Å²) in [5, 5.41) is 2.79. The number of methoxy groups -OCH3 is 1. The molecule has 7 nitrogen and oxygen atoms in total. The van der Waals surface area contributed by atoms with E-state index in [4.69, 9.17) is 16.3 Å².